The zero-order valence-corrected chi connectivity index (χ0v) is 14.4. The fraction of sp³-hybridized carbons (Fsp3) is 0.500. The van der Waals surface area contributed by atoms with Crippen LogP contribution in [-0.2, 0) is 6.42 Å². The maximum absolute atomic E-state index is 13.7. The van der Waals surface area contributed by atoms with Crippen molar-refractivity contribution in [1.29, 1.82) is 0 Å². The topological polar surface area (TPSA) is 63.8 Å². The van der Waals surface area contributed by atoms with E-state index in [1.54, 1.807) is 6.07 Å². The molecule has 0 atom stereocenters. The Balaban J connectivity index is 1.37. The van der Waals surface area contributed by atoms with Gasteiger partial charge in [-0.1, -0.05) is 18.2 Å². The van der Waals surface area contributed by atoms with Gasteiger partial charge < -0.3 is 11.1 Å². The minimum atomic E-state index is -0.121. The van der Waals surface area contributed by atoms with Gasteiger partial charge in [0.25, 0.3) is 0 Å². The van der Waals surface area contributed by atoms with Crippen molar-refractivity contribution in [2.45, 2.75) is 56.4 Å². The molecule has 1 aromatic carbocycles. The Hall–Kier alpha value is -2.01. The van der Waals surface area contributed by atoms with E-state index in [0.717, 1.165) is 55.1 Å². The standard InChI is InChI=1S/C20H25FN4/c21-17-6-2-1-4-13(17)5-3-9-23-19-12-18(15-10-16(22)11-15)24-20(25-19)14-7-8-14/h1-2,4,6,12,14-16H,3,5,7-11,22H2,(H,23,24,25). The molecule has 0 radical (unpaired) electrons. The van der Waals surface area contributed by atoms with Crippen LogP contribution in [0, 0.1) is 5.82 Å². The molecule has 2 aliphatic rings. The minimum Gasteiger partial charge on any atom is -0.370 e. The van der Waals surface area contributed by atoms with E-state index in [1.807, 2.05) is 12.1 Å². The largest absolute Gasteiger partial charge is 0.370 e. The monoisotopic (exact) mass is 340 g/mol. The number of hydrogen-bond acceptors (Lipinski definition) is 4. The first-order chi connectivity index (χ1) is 12.2. The van der Waals surface area contributed by atoms with E-state index in [9.17, 15) is 4.39 Å². The molecule has 1 aromatic heterocycles. The SMILES string of the molecule is NC1CC(c2cc(NCCCc3ccccc3F)nc(C3CC3)n2)C1. The fourth-order valence-electron chi connectivity index (χ4n) is 3.41. The molecule has 1 heterocycles. The van der Waals surface area contributed by atoms with Crippen LogP contribution < -0.4 is 11.1 Å². The highest BCUT2D eigenvalue weighted by Gasteiger charge is 2.32. The summed E-state index contributed by atoms with van der Waals surface area (Å²) in [7, 11) is 0. The number of benzene rings is 1. The first-order valence-electron chi connectivity index (χ1n) is 9.31. The minimum absolute atomic E-state index is 0.121. The molecule has 2 fully saturated rings. The number of nitrogens with two attached hydrogens (primary N) is 1. The second-order valence-corrected chi connectivity index (χ2v) is 7.36. The molecule has 0 spiro atoms. The lowest BCUT2D eigenvalue weighted by Crippen LogP contribution is -2.35. The third kappa shape index (κ3) is 3.98. The Morgan fingerprint density at radius 3 is 2.64 bits per heavy atom. The van der Waals surface area contributed by atoms with Gasteiger partial charge in [-0.3, -0.25) is 0 Å². The average molecular weight is 340 g/mol. The van der Waals surface area contributed by atoms with E-state index in [1.165, 1.54) is 18.9 Å². The van der Waals surface area contributed by atoms with Crippen LogP contribution in [-0.4, -0.2) is 22.6 Å². The summed E-state index contributed by atoms with van der Waals surface area (Å²) in [6.07, 6.45) is 6.03. The van der Waals surface area contributed by atoms with Crippen LogP contribution in [0.4, 0.5) is 10.2 Å². The van der Waals surface area contributed by atoms with Crippen LogP contribution in [0.1, 0.15) is 61.0 Å². The van der Waals surface area contributed by atoms with Gasteiger partial charge in [0, 0.05) is 36.2 Å². The Morgan fingerprint density at radius 1 is 1.12 bits per heavy atom. The zero-order chi connectivity index (χ0) is 17.2. The molecule has 2 aliphatic carbocycles. The number of halogens is 1. The lowest BCUT2D eigenvalue weighted by Gasteiger charge is -2.32. The van der Waals surface area contributed by atoms with Crippen LogP contribution in [0.3, 0.4) is 0 Å². The van der Waals surface area contributed by atoms with E-state index < -0.39 is 0 Å². The van der Waals surface area contributed by atoms with Gasteiger partial charge in [0.05, 0.1) is 0 Å². The van der Waals surface area contributed by atoms with Crippen molar-refractivity contribution in [1.82, 2.24) is 9.97 Å². The molecule has 0 amide bonds. The van der Waals surface area contributed by atoms with Gasteiger partial charge >= 0.3 is 0 Å². The molecule has 5 heteroatoms. The third-order valence-corrected chi connectivity index (χ3v) is 5.19. The Labute approximate surface area is 148 Å². The molecule has 3 N–H and O–H groups in total. The maximum atomic E-state index is 13.7. The van der Waals surface area contributed by atoms with E-state index in [0.29, 0.717) is 17.9 Å². The summed E-state index contributed by atoms with van der Waals surface area (Å²) in [6, 6.07) is 9.37. The van der Waals surface area contributed by atoms with E-state index in [-0.39, 0.29) is 5.82 Å². The summed E-state index contributed by atoms with van der Waals surface area (Å²) in [4.78, 5) is 9.47. The molecule has 4 rings (SSSR count). The van der Waals surface area contributed by atoms with Gasteiger partial charge in [-0.05, 0) is 50.2 Å². The molecule has 132 valence electrons. The highest BCUT2D eigenvalue weighted by molar-refractivity contribution is 5.39. The third-order valence-electron chi connectivity index (χ3n) is 5.19. The van der Waals surface area contributed by atoms with Gasteiger partial charge in [-0.2, -0.15) is 0 Å². The number of hydrogen-bond donors (Lipinski definition) is 2. The van der Waals surface area contributed by atoms with Crippen molar-refractivity contribution in [2.75, 3.05) is 11.9 Å². The molecule has 2 saturated carbocycles. The van der Waals surface area contributed by atoms with Crippen molar-refractivity contribution < 1.29 is 4.39 Å². The molecule has 0 aliphatic heterocycles. The number of rotatable bonds is 7. The van der Waals surface area contributed by atoms with Gasteiger partial charge in [-0.15, -0.1) is 0 Å². The number of aromatic nitrogens is 2. The van der Waals surface area contributed by atoms with Crippen molar-refractivity contribution in [3.8, 4) is 0 Å². The van der Waals surface area contributed by atoms with Crippen LogP contribution in [0.15, 0.2) is 30.3 Å². The second-order valence-electron chi connectivity index (χ2n) is 7.36. The maximum Gasteiger partial charge on any atom is 0.134 e. The Morgan fingerprint density at radius 2 is 1.92 bits per heavy atom. The Kier molecular flexibility index (Phi) is 4.66. The lowest BCUT2D eigenvalue weighted by molar-refractivity contribution is 0.344. The summed E-state index contributed by atoms with van der Waals surface area (Å²) in [6.45, 7) is 0.777. The van der Waals surface area contributed by atoms with Crippen molar-refractivity contribution in [3.05, 3.63) is 53.2 Å². The van der Waals surface area contributed by atoms with Crippen LogP contribution >= 0.6 is 0 Å². The summed E-state index contributed by atoms with van der Waals surface area (Å²) >= 11 is 0. The van der Waals surface area contributed by atoms with Crippen LogP contribution in [0.25, 0.3) is 0 Å². The predicted molar refractivity (Wildman–Crippen MR) is 97.2 cm³/mol. The zero-order valence-electron chi connectivity index (χ0n) is 14.4. The van der Waals surface area contributed by atoms with E-state index >= 15 is 0 Å². The molecule has 4 nitrogen and oxygen atoms in total. The number of nitrogens with one attached hydrogen (secondary N) is 1. The fourth-order valence-corrected chi connectivity index (χ4v) is 3.41. The van der Waals surface area contributed by atoms with Gasteiger partial charge in [0.15, 0.2) is 0 Å². The van der Waals surface area contributed by atoms with Crippen LogP contribution in [0.5, 0.6) is 0 Å². The lowest BCUT2D eigenvalue weighted by atomic mass is 9.78. The first kappa shape index (κ1) is 16.5. The molecule has 0 saturated heterocycles. The summed E-state index contributed by atoms with van der Waals surface area (Å²) < 4.78 is 13.7. The normalized spacial score (nSPS) is 22.5. The van der Waals surface area contributed by atoms with E-state index in [2.05, 4.69) is 16.4 Å². The smallest absolute Gasteiger partial charge is 0.134 e. The summed E-state index contributed by atoms with van der Waals surface area (Å²) in [5, 5.41) is 3.41. The average Bonchev–Trinajstić information content (AvgIpc) is 3.42. The molecule has 0 bridgehead atoms. The predicted octanol–water partition coefficient (Wildman–Crippen LogP) is 3.74. The van der Waals surface area contributed by atoms with Crippen LogP contribution in [0.2, 0.25) is 0 Å². The number of anilines is 1. The van der Waals surface area contributed by atoms with Crippen molar-refractivity contribution in [3.63, 3.8) is 0 Å². The number of nitrogens with zero attached hydrogens (tertiary/aromatic N) is 2. The van der Waals surface area contributed by atoms with Crippen molar-refractivity contribution >= 4 is 5.82 Å². The molecular weight excluding hydrogens is 315 g/mol. The number of aryl methyl sites for hydroxylation is 1. The van der Waals surface area contributed by atoms with E-state index in [4.69, 9.17) is 10.7 Å². The molecular formula is C20H25FN4. The van der Waals surface area contributed by atoms with Gasteiger partial charge in [0.2, 0.25) is 0 Å². The summed E-state index contributed by atoms with van der Waals surface area (Å²) in [5.41, 5.74) is 7.84. The summed E-state index contributed by atoms with van der Waals surface area (Å²) in [5.74, 6) is 2.78. The molecule has 0 unspecified atom stereocenters. The van der Waals surface area contributed by atoms with Crippen molar-refractivity contribution in [2.24, 2.45) is 5.73 Å². The first-order valence-corrected chi connectivity index (χ1v) is 9.31. The quantitative estimate of drug-likeness (QED) is 0.754. The van der Waals surface area contributed by atoms with Gasteiger partial charge in [0.1, 0.15) is 17.5 Å². The molecule has 25 heavy (non-hydrogen) atoms. The highest BCUT2D eigenvalue weighted by Crippen LogP contribution is 2.41. The Bertz CT molecular complexity index is 738. The highest BCUT2D eigenvalue weighted by atomic mass is 19.1. The van der Waals surface area contributed by atoms with Gasteiger partial charge in [-0.25, -0.2) is 14.4 Å². The molecule has 2 aromatic rings. The second kappa shape index (κ2) is 7.08.